The third-order valence-corrected chi connectivity index (χ3v) is 3.63. The average Bonchev–Trinajstić information content (AvgIpc) is 2.62. The first-order valence-electron chi connectivity index (χ1n) is 8.11. The minimum absolute atomic E-state index is 0.00103. The van der Waals surface area contributed by atoms with Crippen molar-refractivity contribution in [2.75, 3.05) is 5.32 Å². The highest BCUT2D eigenvalue weighted by Crippen LogP contribution is 2.10. The molecule has 0 aliphatic heterocycles. The first kappa shape index (κ1) is 18.4. The number of hydrogen-bond acceptors (Lipinski definition) is 4. The number of nitrogens with one attached hydrogen (secondary N) is 1. The molecule has 2 aromatic carbocycles. The van der Waals surface area contributed by atoms with E-state index >= 15 is 0 Å². The van der Waals surface area contributed by atoms with Crippen LogP contribution in [0.4, 0.5) is 5.69 Å². The van der Waals surface area contributed by atoms with Gasteiger partial charge in [-0.1, -0.05) is 48.0 Å². The zero-order valence-corrected chi connectivity index (χ0v) is 14.3. The van der Waals surface area contributed by atoms with Crippen molar-refractivity contribution in [2.24, 2.45) is 0 Å². The molecule has 0 saturated heterocycles. The molecule has 0 bridgehead atoms. The Balaban J connectivity index is 1.77. The number of esters is 1. The van der Waals surface area contributed by atoms with Crippen molar-refractivity contribution in [3.63, 3.8) is 0 Å². The predicted molar refractivity (Wildman–Crippen MR) is 95.4 cm³/mol. The molecule has 0 aliphatic rings. The summed E-state index contributed by atoms with van der Waals surface area (Å²) in [6.45, 7) is 3.49. The first-order chi connectivity index (χ1) is 12.0. The number of ether oxygens (including phenoxy) is 1. The van der Waals surface area contributed by atoms with Gasteiger partial charge < -0.3 is 10.1 Å². The number of hydrogen-bond donors (Lipinski definition) is 1. The fourth-order valence-electron chi connectivity index (χ4n) is 2.22. The third kappa shape index (κ3) is 5.88. The lowest BCUT2D eigenvalue weighted by Crippen LogP contribution is -2.25. The van der Waals surface area contributed by atoms with E-state index in [2.05, 4.69) is 5.32 Å². The van der Waals surface area contributed by atoms with Gasteiger partial charge in [-0.25, -0.2) is 0 Å². The number of aryl methyl sites for hydroxylation is 1. The fraction of sp³-hybridized carbons (Fsp3) is 0.250. The Morgan fingerprint density at radius 2 is 1.60 bits per heavy atom. The smallest absolute Gasteiger partial charge is 0.307 e. The summed E-state index contributed by atoms with van der Waals surface area (Å²) in [7, 11) is 0. The molecule has 0 radical (unpaired) electrons. The van der Waals surface area contributed by atoms with Crippen molar-refractivity contribution >= 4 is 23.3 Å². The summed E-state index contributed by atoms with van der Waals surface area (Å²) in [5, 5.41) is 2.71. The van der Waals surface area contributed by atoms with Crippen LogP contribution in [0.15, 0.2) is 54.6 Å². The van der Waals surface area contributed by atoms with Gasteiger partial charge in [-0.05, 0) is 26.0 Å². The van der Waals surface area contributed by atoms with E-state index in [1.165, 1.54) is 6.92 Å². The number of benzene rings is 2. The van der Waals surface area contributed by atoms with Gasteiger partial charge in [0.2, 0.25) is 11.7 Å². The van der Waals surface area contributed by atoms with Crippen molar-refractivity contribution in [3.8, 4) is 0 Å². The van der Waals surface area contributed by atoms with Gasteiger partial charge in [-0.3, -0.25) is 14.4 Å². The molecule has 1 amide bonds. The zero-order valence-electron chi connectivity index (χ0n) is 14.3. The maximum atomic E-state index is 12.1. The summed E-state index contributed by atoms with van der Waals surface area (Å²) in [5.74, 6) is -1.11. The zero-order chi connectivity index (χ0) is 18.2. The number of anilines is 1. The fourth-order valence-corrected chi connectivity index (χ4v) is 2.22. The number of carbonyl (C=O) groups excluding carboxylic acids is 3. The van der Waals surface area contributed by atoms with E-state index in [1.807, 2.05) is 19.1 Å². The maximum Gasteiger partial charge on any atom is 0.307 e. The second kappa shape index (κ2) is 8.78. The number of Topliss-reactive ketones (excluding diaryl/α,β-unsaturated/α-hetero) is 1. The Morgan fingerprint density at radius 1 is 0.960 bits per heavy atom. The van der Waals surface area contributed by atoms with Crippen LogP contribution in [0.25, 0.3) is 0 Å². The van der Waals surface area contributed by atoms with Crippen molar-refractivity contribution in [3.05, 3.63) is 65.7 Å². The van der Waals surface area contributed by atoms with Gasteiger partial charge in [-0.2, -0.15) is 0 Å². The minimum Gasteiger partial charge on any atom is -0.454 e. The summed E-state index contributed by atoms with van der Waals surface area (Å²) in [6, 6.07) is 16.0. The molecule has 0 saturated carbocycles. The molecule has 5 heteroatoms. The quantitative estimate of drug-likeness (QED) is 0.619. The number of ketones is 1. The lowest BCUT2D eigenvalue weighted by atomic mass is 10.1. The van der Waals surface area contributed by atoms with E-state index in [9.17, 15) is 14.4 Å². The molecule has 1 N–H and O–H groups in total. The molecule has 0 heterocycles. The summed E-state index contributed by atoms with van der Waals surface area (Å²) in [4.78, 5) is 35.8. The van der Waals surface area contributed by atoms with E-state index in [4.69, 9.17) is 4.74 Å². The molecule has 25 heavy (non-hydrogen) atoms. The molecule has 5 nitrogen and oxygen atoms in total. The number of amides is 1. The van der Waals surface area contributed by atoms with Crippen LogP contribution in [0.5, 0.6) is 0 Å². The largest absolute Gasteiger partial charge is 0.454 e. The Bertz CT molecular complexity index is 738. The molecular formula is C20H21NO4. The predicted octanol–water partition coefficient (Wildman–Crippen LogP) is 3.53. The van der Waals surface area contributed by atoms with E-state index in [-0.39, 0.29) is 24.5 Å². The average molecular weight is 339 g/mol. The second-order valence-corrected chi connectivity index (χ2v) is 5.78. The summed E-state index contributed by atoms with van der Waals surface area (Å²) in [5.41, 5.74) is 2.26. The third-order valence-electron chi connectivity index (χ3n) is 3.63. The summed E-state index contributed by atoms with van der Waals surface area (Å²) in [6.07, 6.45) is -0.960. The second-order valence-electron chi connectivity index (χ2n) is 5.78. The summed E-state index contributed by atoms with van der Waals surface area (Å²) < 4.78 is 5.11. The van der Waals surface area contributed by atoms with E-state index in [0.717, 1.165) is 5.56 Å². The Labute approximate surface area is 147 Å². The number of carbonyl (C=O) groups is 3. The SMILES string of the molecule is Cc1ccc(NC(=O)CCC(=O)O[C@H](C)C(=O)c2ccccc2)cc1. The molecule has 2 aromatic rings. The molecule has 0 aliphatic carbocycles. The van der Waals surface area contributed by atoms with Crippen LogP contribution in [0, 0.1) is 6.92 Å². The molecule has 0 unspecified atom stereocenters. The van der Waals surface area contributed by atoms with Gasteiger partial charge in [0.05, 0.1) is 6.42 Å². The van der Waals surface area contributed by atoms with Crippen LogP contribution in [-0.4, -0.2) is 23.8 Å². The van der Waals surface area contributed by atoms with Crippen molar-refractivity contribution in [1.29, 1.82) is 0 Å². The molecule has 0 spiro atoms. The molecule has 0 aromatic heterocycles. The molecular weight excluding hydrogens is 318 g/mol. The van der Waals surface area contributed by atoms with E-state index < -0.39 is 12.1 Å². The van der Waals surface area contributed by atoms with Crippen LogP contribution < -0.4 is 5.32 Å². The Hall–Kier alpha value is -2.95. The van der Waals surface area contributed by atoms with Crippen LogP contribution in [0.3, 0.4) is 0 Å². The highest BCUT2D eigenvalue weighted by Gasteiger charge is 2.19. The van der Waals surface area contributed by atoms with Crippen LogP contribution in [-0.2, 0) is 14.3 Å². The molecule has 2 rings (SSSR count). The standard InChI is InChI=1S/C20H21NO4/c1-14-8-10-17(11-9-14)21-18(22)12-13-19(23)25-15(2)20(24)16-6-4-3-5-7-16/h3-11,15H,12-13H2,1-2H3,(H,21,22)/t15-/m1/s1. The monoisotopic (exact) mass is 339 g/mol. The maximum absolute atomic E-state index is 12.1. The van der Waals surface area contributed by atoms with Gasteiger partial charge in [0.25, 0.3) is 0 Å². The highest BCUT2D eigenvalue weighted by atomic mass is 16.5. The van der Waals surface area contributed by atoms with Gasteiger partial charge >= 0.3 is 5.97 Å². The highest BCUT2D eigenvalue weighted by molar-refractivity contribution is 6.00. The summed E-state index contributed by atoms with van der Waals surface area (Å²) >= 11 is 0. The van der Waals surface area contributed by atoms with Gasteiger partial charge in [-0.15, -0.1) is 0 Å². The lowest BCUT2D eigenvalue weighted by molar-refractivity contribution is -0.147. The minimum atomic E-state index is -0.880. The molecule has 130 valence electrons. The van der Waals surface area contributed by atoms with Crippen molar-refractivity contribution < 1.29 is 19.1 Å². The van der Waals surface area contributed by atoms with Crippen LogP contribution in [0.1, 0.15) is 35.7 Å². The van der Waals surface area contributed by atoms with E-state index in [0.29, 0.717) is 11.3 Å². The lowest BCUT2D eigenvalue weighted by Gasteiger charge is -2.12. The Morgan fingerprint density at radius 3 is 2.24 bits per heavy atom. The van der Waals surface area contributed by atoms with Gasteiger partial charge in [0.1, 0.15) is 0 Å². The molecule has 0 fully saturated rings. The Kier molecular flexibility index (Phi) is 6.46. The van der Waals surface area contributed by atoms with Gasteiger partial charge in [0.15, 0.2) is 6.10 Å². The first-order valence-corrected chi connectivity index (χ1v) is 8.11. The topological polar surface area (TPSA) is 72.5 Å². The van der Waals surface area contributed by atoms with Crippen molar-refractivity contribution in [1.82, 2.24) is 0 Å². The van der Waals surface area contributed by atoms with Crippen molar-refractivity contribution in [2.45, 2.75) is 32.8 Å². The van der Waals surface area contributed by atoms with Crippen LogP contribution >= 0.6 is 0 Å². The number of rotatable bonds is 7. The molecule has 1 atom stereocenters. The van der Waals surface area contributed by atoms with E-state index in [1.54, 1.807) is 42.5 Å². The van der Waals surface area contributed by atoms with Gasteiger partial charge in [0, 0.05) is 17.7 Å². The normalized spacial score (nSPS) is 11.4. The van der Waals surface area contributed by atoms with Crippen LogP contribution in [0.2, 0.25) is 0 Å².